The molecule has 4 aliphatic carbocycles. The number of hydrogen-bond acceptors (Lipinski definition) is 3. The van der Waals surface area contributed by atoms with Gasteiger partial charge in [0.15, 0.2) is 17.2 Å². The van der Waals surface area contributed by atoms with E-state index >= 15 is 8.78 Å². The molecule has 0 saturated heterocycles. The Morgan fingerprint density at radius 1 is 1.16 bits per heavy atom. The van der Waals surface area contributed by atoms with Crippen molar-refractivity contribution in [3.05, 3.63) is 11.6 Å². The molecule has 7 atom stereocenters. The van der Waals surface area contributed by atoms with Gasteiger partial charge in [-0.25, -0.2) is 8.78 Å². The molecule has 0 aromatic carbocycles. The summed E-state index contributed by atoms with van der Waals surface area (Å²) in [5, 5.41) is 10.8. The van der Waals surface area contributed by atoms with Gasteiger partial charge >= 0.3 is 0 Å². The number of allylic oxidation sites excluding steroid dienone is 1. The second-order valence-corrected chi connectivity index (χ2v) is 9.36. The zero-order chi connectivity index (χ0) is 18.4. The van der Waals surface area contributed by atoms with Gasteiger partial charge in [-0.15, -0.1) is 0 Å². The molecule has 0 radical (unpaired) electrons. The molecule has 25 heavy (non-hydrogen) atoms. The number of rotatable bonds is 0. The summed E-state index contributed by atoms with van der Waals surface area (Å²) in [5.41, 5.74) is -4.99. The highest BCUT2D eigenvalue weighted by Crippen LogP contribution is 2.69. The molecule has 3 nitrogen and oxygen atoms in total. The van der Waals surface area contributed by atoms with Crippen molar-refractivity contribution in [3.8, 4) is 0 Å². The van der Waals surface area contributed by atoms with Gasteiger partial charge in [-0.3, -0.25) is 9.59 Å². The summed E-state index contributed by atoms with van der Waals surface area (Å²) in [6.45, 7) is 5.19. The molecule has 4 rings (SSSR count). The van der Waals surface area contributed by atoms with Gasteiger partial charge in [-0.05, 0) is 50.2 Å². The van der Waals surface area contributed by atoms with Gasteiger partial charge < -0.3 is 5.11 Å². The minimum Gasteiger partial charge on any atom is -0.390 e. The van der Waals surface area contributed by atoms with Gasteiger partial charge in [0.2, 0.25) is 0 Å². The monoisotopic (exact) mass is 352 g/mol. The fourth-order valence-corrected chi connectivity index (χ4v) is 6.50. The molecule has 0 aromatic heterocycles. The Morgan fingerprint density at radius 3 is 2.52 bits per heavy atom. The first-order valence-electron chi connectivity index (χ1n) is 9.31. The van der Waals surface area contributed by atoms with Crippen molar-refractivity contribution in [1.82, 2.24) is 0 Å². The van der Waals surface area contributed by atoms with E-state index in [0.717, 1.165) is 0 Å². The lowest BCUT2D eigenvalue weighted by Gasteiger charge is -2.61. The van der Waals surface area contributed by atoms with Crippen LogP contribution >= 0.6 is 0 Å². The van der Waals surface area contributed by atoms with Gasteiger partial charge in [0.05, 0.1) is 5.60 Å². The standard InChI is InChI=1S/C20H26F2O3/c1-17-6-4-11(23)8-14(17)15(21)9-13-12-5-7-19(3,25)18(12,2)10-16(24)20(13,17)22/h8,12-13,15,25H,4-7,9-10H2,1-3H3/t12-,13-,15-,17-,18-,19-,20-/m0/s1. The molecule has 4 aliphatic rings. The van der Waals surface area contributed by atoms with Crippen molar-refractivity contribution in [2.45, 2.75) is 76.7 Å². The molecule has 3 saturated carbocycles. The molecule has 138 valence electrons. The van der Waals surface area contributed by atoms with Crippen LogP contribution < -0.4 is 0 Å². The maximum absolute atomic E-state index is 16.5. The van der Waals surface area contributed by atoms with Crippen molar-refractivity contribution in [2.24, 2.45) is 22.7 Å². The number of hydrogen-bond donors (Lipinski definition) is 1. The van der Waals surface area contributed by atoms with Crippen LogP contribution in [0.2, 0.25) is 0 Å². The van der Waals surface area contributed by atoms with Crippen LogP contribution in [0, 0.1) is 22.7 Å². The predicted molar refractivity (Wildman–Crippen MR) is 88.4 cm³/mol. The van der Waals surface area contributed by atoms with Gasteiger partial charge in [0.1, 0.15) is 6.17 Å². The van der Waals surface area contributed by atoms with E-state index in [0.29, 0.717) is 12.8 Å². The molecule has 1 N–H and O–H groups in total. The Labute approximate surface area is 146 Å². The Bertz CT molecular complexity index is 699. The number of carbonyl (C=O) groups excluding carboxylic acids is 2. The molecule has 0 spiro atoms. The Morgan fingerprint density at radius 2 is 1.84 bits per heavy atom. The fourth-order valence-electron chi connectivity index (χ4n) is 6.50. The van der Waals surface area contributed by atoms with Crippen LogP contribution in [-0.4, -0.2) is 34.1 Å². The van der Waals surface area contributed by atoms with E-state index in [2.05, 4.69) is 0 Å². The van der Waals surface area contributed by atoms with Crippen LogP contribution in [0.1, 0.15) is 59.3 Å². The number of halogens is 2. The highest BCUT2D eigenvalue weighted by atomic mass is 19.1. The zero-order valence-corrected chi connectivity index (χ0v) is 15.1. The van der Waals surface area contributed by atoms with Gasteiger partial charge in [-0.2, -0.15) is 0 Å². The lowest BCUT2D eigenvalue weighted by Crippen LogP contribution is -2.68. The van der Waals surface area contributed by atoms with Gasteiger partial charge in [-0.1, -0.05) is 13.8 Å². The van der Waals surface area contributed by atoms with Crippen LogP contribution in [0.5, 0.6) is 0 Å². The summed E-state index contributed by atoms with van der Waals surface area (Å²) in [7, 11) is 0. The summed E-state index contributed by atoms with van der Waals surface area (Å²) in [6, 6.07) is 0. The minimum atomic E-state index is -2.15. The number of Topliss-reactive ketones (excluding diaryl/α,β-unsaturated/α-hetero) is 1. The molecular formula is C20H26F2O3. The third-order valence-corrected chi connectivity index (χ3v) is 8.35. The van der Waals surface area contributed by atoms with E-state index in [1.165, 1.54) is 6.08 Å². The minimum absolute atomic E-state index is 0.0224. The largest absolute Gasteiger partial charge is 0.390 e. The van der Waals surface area contributed by atoms with Crippen molar-refractivity contribution in [2.75, 3.05) is 0 Å². The van der Waals surface area contributed by atoms with E-state index in [4.69, 9.17) is 0 Å². The van der Waals surface area contributed by atoms with E-state index in [-0.39, 0.29) is 43.0 Å². The summed E-state index contributed by atoms with van der Waals surface area (Å²) in [4.78, 5) is 24.9. The predicted octanol–water partition coefficient (Wildman–Crippen LogP) is 3.49. The number of alkyl halides is 2. The topological polar surface area (TPSA) is 54.4 Å². The fraction of sp³-hybridized carbons (Fsp3) is 0.800. The number of aliphatic hydroxyl groups is 1. The van der Waals surface area contributed by atoms with Crippen LogP contribution in [0.4, 0.5) is 8.78 Å². The molecule has 0 unspecified atom stereocenters. The van der Waals surface area contributed by atoms with E-state index in [1.54, 1.807) is 13.8 Å². The summed E-state index contributed by atoms with van der Waals surface area (Å²) < 4.78 is 31.6. The normalized spacial score (nSPS) is 55.3. The third kappa shape index (κ3) is 1.83. The van der Waals surface area contributed by atoms with E-state index in [9.17, 15) is 14.7 Å². The second kappa shape index (κ2) is 4.79. The lowest BCUT2D eigenvalue weighted by molar-refractivity contribution is -0.188. The molecule has 5 heteroatoms. The SMILES string of the molecule is C[C@]1(O)CC[C@H]2[C@@H]3C[C@H](F)C4=CC(=O)CC[C@]4(C)[C@@]3(F)C(=O)C[C@@]21C. The summed E-state index contributed by atoms with van der Waals surface area (Å²) >= 11 is 0. The maximum Gasteiger partial charge on any atom is 0.181 e. The number of carbonyl (C=O) groups is 2. The summed E-state index contributed by atoms with van der Waals surface area (Å²) in [5.74, 6) is -1.67. The Kier molecular flexibility index (Phi) is 3.32. The Balaban J connectivity index is 1.87. The van der Waals surface area contributed by atoms with Crippen molar-refractivity contribution in [1.29, 1.82) is 0 Å². The van der Waals surface area contributed by atoms with Crippen LogP contribution in [0.3, 0.4) is 0 Å². The first-order chi connectivity index (χ1) is 11.5. The smallest absolute Gasteiger partial charge is 0.181 e. The average Bonchev–Trinajstić information content (AvgIpc) is 2.75. The molecule has 0 aliphatic heterocycles. The third-order valence-electron chi connectivity index (χ3n) is 8.35. The quantitative estimate of drug-likeness (QED) is 0.726. The first-order valence-corrected chi connectivity index (χ1v) is 9.31. The zero-order valence-electron chi connectivity index (χ0n) is 15.1. The van der Waals surface area contributed by atoms with Crippen LogP contribution in [-0.2, 0) is 9.59 Å². The van der Waals surface area contributed by atoms with Crippen LogP contribution in [0.25, 0.3) is 0 Å². The highest BCUT2D eigenvalue weighted by Gasteiger charge is 2.74. The Hall–Kier alpha value is -1.10. The van der Waals surface area contributed by atoms with Crippen molar-refractivity contribution in [3.63, 3.8) is 0 Å². The van der Waals surface area contributed by atoms with E-state index < -0.39 is 40.0 Å². The maximum atomic E-state index is 16.5. The molecule has 0 heterocycles. The summed E-state index contributed by atoms with van der Waals surface area (Å²) in [6.07, 6.45) is 1.19. The van der Waals surface area contributed by atoms with Crippen molar-refractivity contribution < 1.29 is 23.5 Å². The molecule has 3 fully saturated rings. The molecule has 0 aromatic rings. The second-order valence-electron chi connectivity index (χ2n) is 9.36. The van der Waals surface area contributed by atoms with Gasteiger partial charge in [0, 0.05) is 29.6 Å². The van der Waals surface area contributed by atoms with Crippen LogP contribution in [0.15, 0.2) is 11.6 Å². The number of ketones is 2. The molecular weight excluding hydrogens is 326 g/mol. The number of fused-ring (bicyclic) bond motifs is 5. The molecule has 0 bridgehead atoms. The average molecular weight is 352 g/mol. The molecule has 0 amide bonds. The van der Waals surface area contributed by atoms with E-state index in [1.807, 2.05) is 6.92 Å². The highest BCUT2D eigenvalue weighted by molar-refractivity contribution is 5.95. The van der Waals surface area contributed by atoms with Crippen molar-refractivity contribution >= 4 is 11.6 Å². The first kappa shape index (κ1) is 17.3. The van der Waals surface area contributed by atoms with Gasteiger partial charge in [0.25, 0.3) is 0 Å². The lowest BCUT2D eigenvalue weighted by atomic mass is 9.44.